The monoisotopic (exact) mass is 188 g/mol. The number of nitrogens with zero attached hydrogens (tertiary/aromatic N) is 1. The first-order chi connectivity index (χ1) is 6.16. The second kappa shape index (κ2) is 7.86. The summed E-state index contributed by atoms with van der Waals surface area (Å²) in [6.07, 6.45) is 2.76. The standard InChI is InChI=1S/C9H20N2O2/c1-8(2)4-3-6-13-7-5-9(10)11-12/h8,12H,3-7H2,1-2H3,(H2,10,11). The van der Waals surface area contributed by atoms with Crippen molar-refractivity contribution in [2.45, 2.75) is 33.1 Å². The molecule has 0 fully saturated rings. The van der Waals surface area contributed by atoms with Gasteiger partial charge in [-0.1, -0.05) is 19.0 Å². The molecule has 0 unspecified atom stereocenters. The van der Waals surface area contributed by atoms with Crippen molar-refractivity contribution >= 4 is 5.84 Å². The van der Waals surface area contributed by atoms with E-state index in [0.29, 0.717) is 13.0 Å². The molecule has 0 heterocycles. The number of ether oxygens (including phenoxy) is 1. The number of amidine groups is 1. The molecule has 0 aromatic carbocycles. The van der Waals surface area contributed by atoms with Crippen molar-refractivity contribution in [1.82, 2.24) is 0 Å². The maximum atomic E-state index is 8.22. The van der Waals surface area contributed by atoms with Crippen LogP contribution in [0.4, 0.5) is 0 Å². The van der Waals surface area contributed by atoms with Crippen molar-refractivity contribution in [1.29, 1.82) is 0 Å². The van der Waals surface area contributed by atoms with Crippen LogP contribution in [0.3, 0.4) is 0 Å². The van der Waals surface area contributed by atoms with Gasteiger partial charge in [0.05, 0.1) is 6.61 Å². The van der Waals surface area contributed by atoms with E-state index in [1.165, 1.54) is 6.42 Å². The summed E-state index contributed by atoms with van der Waals surface area (Å²) >= 11 is 0. The van der Waals surface area contributed by atoms with Gasteiger partial charge in [0.15, 0.2) is 0 Å². The number of hydrogen-bond acceptors (Lipinski definition) is 3. The van der Waals surface area contributed by atoms with Crippen LogP contribution >= 0.6 is 0 Å². The van der Waals surface area contributed by atoms with E-state index >= 15 is 0 Å². The van der Waals surface area contributed by atoms with Gasteiger partial charge in [-0.2, -0.15) is 0 Å². The highest BCUT2D eigenvalue weighted by Crippen LogP contribution is 2.02. The molecular formula is C9H20N2O2. The molecule has 0 aromatic rings. The van der Waals surface area contributed by atoms with E-state index in [2.05, 4.69) is 19.0 Å². The van der Waals surface area contributed by atoms with Crippen LogP contribution in [0.2, 0.25) is 0 Å². The van der Waals surface area contributed by atoms with Crippen molar-refractivity contribution in [2.75, 3.05) is 13.2 Å². The van der Waals surface area contributed by atoms with E-state index in [9.17, 15) is 0 Å². The van der Waals surface area contributed by atoms with Gasteiger partial charge < -0.3 is 15.7 Å². The largest absolute Gasteiger partial charge is 0.409 e. The maximum absolute atomic E-state index is 8.22. The molecule has 0 amide bonds. The average molecular weight is 188 g/mol. The summed E-state index contributed by atoms with van der Waals surface area (Å²) in [6, 6.07) is 0. The molecule has 0 saturated heterocycles. The van der Waals surface area contributed by atoms with Gasteiger partial charge in [-0.05, 0) is 18.8 Å². The second-order valence-electron chi connectivity index (χ2n) is 3.49. The highest BCUT2D eigenvalue weighted by Gasteiger charge is 1.95. The smallest absolute Gasteiger partial charge is 0.141 e. The van der Waals surface area contributed by atoms with Crippen LogP contribution in [-0.4, -0.2) is 24.3 Å². The zero-order valence-electron chi connectivity index (χ0n) is 8.49. The number of nitrogens with two attached hydrogens (primary N) is 1. The Hall–Kier alpha value is -0.770. The molecule has 4 heteroatoms. The average Bonchev–Trinajstić information content (AvgIpc) is 2.10. The van der Waals surface area contributed by atoms with E-state index in [-0.39, 0.29) is 5.84 Å². The lowest BCUT2D eigenvalue weighted by Crippen LogP contribution is -2.14. The highest BCUT2D eigenvalue weighted by molar-refractivity contribution is 5.79. The van der Waals surface area contributed by atoms with E-state index in [4.69, 9.17) is 15.7 Å². The molecule has 3 N–H and O–H groups in total. The summed E-state index contributed by atoms with van der Waals surface area (Å²) in [5.41, 5.74) is 5.26. The summed E-state index contributed by atoms with van der Waals surface area (Å²) < 4.78 is 5.28. The van der Waals surface area contributed by atoms with E-state index in [0.717, 1.165) is 18.9 Å². The molecule has 0 bridgehead atoms. The van der Waals surface area contributed by atoms with Crippen LogP contribution in [0.25, 0.3) is 0 Å². The Morgan fingerprint density at radius 2 is 2.15 bits per heavy atom. The Bertz CT molecular complexity index is 147. The van der Waals surface area contributed by atoms with Gasteiger partial charge in [0.25, 0.3) is 0 Å². The summed E-state index contributed by atoms with van der Waals surface area (Å²) in [5.74, 6) is 0.955. The third-order valence-corrected chi connectivity index (χ3v) is 1.70. The van der Waals surface area contributed by atoms with Crippen molar-refractivity contribution in [3.63, 3.8) is 0 Å². The summed E-state index contributed by atoms with van der Waals surface area (Å²) in [5, 5.41) is 11.1. The summed E-state index contributed by atoms with van der Waals surface area (Å²) in [4.78, 5) is 0. The SMILES string of the molecule is CC(C)CCCOCC/C(N)=N/O. The van der Waals surface area contributed by atoms with Crippen LogP contribution in [-0.2, 0) is 4.74 Å². The molecule has 4 nitrogen and oxygen atoms in total. The number of hydrogen-bond donors (Lipinski definition) is 2. The molecule has 0 radical (unpaired) electrons. The van der Waals surface area contributed by atoms with Gasteiger partial charge in [0, 0.05) is 13.0 Å². The van der Waals surface area contributed by atoms with Crippen LogP contribution < -0.4 is 5.73 Å². The first kappa shape index (κ1) is 12.2. The van der Waals surface area contributed by atoms with Gasteiger partial charge in [-0.15, -0.1) is 0 Å². The van der Waals surface area contributed by atoms with Gasteiger partial charge in [-0.3, -0.25) is 0 Å². The predicted molar refractivity (Wildman–Crippen MR) is 52.9 cm³/mol. The van der Waals surface area contributed by atoms with E-state index in [1.54, 1.807) is 0 Å². The third kappa shape index (κ3) is 9.14. The van der Waals surface area contributed by atoms with Gasteiger partial charge in [0.2, 0.25) is 0 Å². The van der Waals surface area contributed by atoms with Crippen LogP contribution in [0, 0.1) is 5.92 Å². The number of rotatable bonds is 7. The molecule has 0 aliphatic rings. The fraction of sp³-hybridized carbons (Fsp3) is 0.889. The fourth-order valence-corrected chi connectivity index (χ4v) is 0.922. The Kier molecular flexibility index (Phi) is 7.39. The van der Waals surface area contributed by atoms with E-state index in [1.807, 2.05) is 0 Å². The van der Waals surface area contributed by atoms with Gasteiger partial charge in [0.1, 0.15) is 5.84 Å². The van der Waals surface area contributed by atoms with Gasteiger partial charge >= 0.3 is 0 Å². The maximum Gasteiger partial charge on any atom is 0.141 e. The molecule has 0 spiro atoms. The lowest BCUT2D eigenvalue weighted by atomic mass is 10.1. The predicted octanol–water partition coefficient (Wildman–Crippen LogP) is 1.58. The first-order valence-corrected chi connectivity index (χ1v) is 4.71. The second-order valence-corrected chi connectivity index (χ2v) is 3.49. The quantitative estimate of drug-likeness (QED) is 0.209. The molecule has 78 valence electrons. The fourth-order valence-electron chi connectivity index (χ4n) is 0.922. The van der Waals surface area contributed by atoms with E-state index < -0.39 is 0 Å². The molecule has 0 atom stereocenters. The lowest BCUT2D eigenvalue weighted by molar-refractivity contribution is 0.133. The molecule has 13 heavy (non-hydrogen) atoms. The van der Waals surface area contributed by atoms with Crippen LogP contribution in [0.1, 0.15) is 33.1 Å². The first-order valence-electron chi connectivity index (χ1n) is 4.71. The molecule has 0 aromatic heterocycles. The minimum atomic E-state index is 0.226. The highest BCUT2D eigenvalue weighted by atomic mass is 16.5. The summed E-state index contributed by atoms with van der Waals surface area (Å²) in [6.45, 7) is 5.68. The minimum absolute atomic E-state index is 0.226. The molecule has 0 saturated carbocycles. The zero-order chi connectivity index (χ0) is 10.1. The Morgan fingerprint density at radius 1 is 1.46 bits per heavy atom. The lowest BCUT2D eigenvalue weighted by Gasteiger charge is -2.05. The van der Waals surface area contributed by atoms with Crippen molar-refractivity contribution in [3.8, 4) is 0 Å². The Labute approximate surface area is 79.8 Å². The minimum Gasteiger partial charge on any atom is -0.409 e. The zero-order valence-corrected chi connectivity index (χ0v) is 8.49. The van der Waals surface area contributed by atoms with Crippen molar-refractivity contribution in [2.24, 2.45) is 16.8 Å². The Balaban J connectivity index is 3.09. The van der Waals surface area contributed by atoms with Crippen molar-refractivity contribution < 1.29 is 9.94 Å². The molecule has 0 rings (SSSR count). The molecule has 0 aliphatic heterocycles. The summed E-state index contributed by atoms with van der Waals surface area (Å²) in [7, 11) is 0. The normalized spacial score (nSPS) is 12.4. The van der Waals surface area contributed by atoms with Crippen LogP contribution in [0.15, 0.2) is 5.16 Å². The van der Waals surface area contributed by atoms with Crippen molar-refractivity contribution in [3.05, 3.63) is 0 Å². The molecule has 0 aliphatic carbocycles. The molecular weight excluding hydrogens is 168 g/mol. The Morgan fingerprint density at radius 3 is 2.69 bits per heavy atom. The van der Waals surface area contributed by atoms with Crippen LogP contribution in [0.5, 0.6) is 0 Å². The third-order valence-electron chi connectivity index (χ3n) is 1.70. The number of oxime groups is 1. The van der Waals surface area contributed by atoms with Gasteiger partial charge in [-0.25, -0.2) is 0 Å². The topological polar surface area (TPSA) is 67.8 Å².